The van der Waals surface area contributed by atoms with Gasteiger partial charge in [-0.25, -0.2) is 4.79 Å². The van der Waals surface area contributed by atoms with Crippen LogP contribution in [0, 0.1) is 5.92 Å². The van der Waals surface area contributed by atoms with Gasteiger partial charge in [0.05, 0.1) is 23.9 Å². The summed E-state index contributed by atoms with van der Waals surface area (Å²) in [7, 11) is 2.03. The number of hydrogen-bond acceptors (Lipinski definition) is 7. The highest BCUT2D eigenvalue weighted by Gasteiger charge is 2.34. The Morgan fingerprint density at radius 1 is 1.07 bits per heavy atom. The summed E-state index contributed by atoms with van der Waals surface area (Å²) in [4.78, 5) is 30.6. The number of likely N-dealkylation sites (N-methyl/N-ethyl adjacent to an activating group) is 1. The number of carbonyl (C=O) groups is 2. The molecule has 0 saturated heterocycles. The topological polar surface area (TPSA) is 113 Å². The number of aliphatic hydroxyl groups is 1. The summed E-state index contributed by atoms with van der Waals surface area (Å²) in [5, 5.41) is 15.6. The van der Waals surface area contributed by atoms with E-state index in [-0.39, 0.29) is 37.4 Å². The Kier molecular flexibility index (Phi) is 8.61. The van der Waals surface area contributed by atoms with Crippen molar-refractivity contribution < 1.29 is 28.9 Å². The number of urea groups is 1. The van der Waals surface area contributed by atoms with Gasteiger partial charge in [-0.1, -0.05) is 43.3 Å². The second kappa shape index (κ2) is 12.5. The van der Waals surface area contributed by atoms with E-state index in [1.54, 1.807) is 41.3 Å². The van der Waals surface area contributed by atoms with Crippen LogP contribution < -0.4 is 24.8 Å². The van der Waals surface area contributed by atoms with Crippen LogP contribution in [-0.4, -0.2) is 72.5 Å². The van der Waals surface area contributed by atoms with Gasteiger partial charge in [-0.15, -0.1) is 0 Å². The summed E-state index contributed by atoms with van der Waals surface area (Å²) in [5.74, 6) is 1.15. The minimum atomic E-state index is -0.498. The lowest BCUT2D eigenvalue weighted by molar-refractivity contribution is 0.0343. The molecule has 0 fully saturated rings. The number of anilines is 2. The average molecular weight is 561 g/mol. The smallest absolute Gasteiger partial charge is 0.323 e. The maximum atomic E-state index is 13.7. The number of aliphatic hydroxyl groups excluding tert-OH is 1. The normalized spacial score (nSPS) is 18.7. The van der Waals surface area contributed by atoms with Crippen molar-refractivity contribution in [3.05, 3.63) is 77.9 Å². The van der Waals surface area contributed by atoms with E-state index in [1.807, 2.05) is 39.1 Å². The number of hydrogen-bond donors (Lipinski definition) is 3. The first-order valence-electron chi connectivity index (χ1n) is 13.7. The fourth-order valence-electron chi connectivity index (χ4n) is 5.09. The summed E-state index contributed by atoms with van der Waals surface area (Å²) in [6.45, 7) is 5.58. The Morgan fingerprint density at radius 2 is 1.85 bits per heavy atom. The van der Waals surface area contributed by atoms with E-state index in [2.05, 4.69) is 27.7 Å². The molecule has 0 bridgehead atoms. The molecular weight excluding hydrogens is 524 g/mol. The molecule has 0 aromatic heterocycles. The SMILES string of the molecule is C[C@H]1CN([C@@H](C)CO)C(=O)c2cccc(NC(=O)Nc3ccc4c(c3)OCO4)c2O[C@H]1CN(C)Cc1ccccc1. The third-order valence-corrected chi connectivity index (χ3v) is 7.36. The second-order valence-electron chi connectivity index (χ2n) is 10.6. The monoisotopic (exact) mass is 560 g/mol. The van der Waals surface area contributed by atoms with Crippen molar-refractivity contribution in [2.75, 3.05) is 44.2 Å². The average Bonchev–Trinajstić information content (AvgIpc) is 3.43. The number of carbonyl (C=O) groups excluding carboxylic acids is 2. The molecule has 3 aromatic carbocycles. The molecule has 41 heavy (non-hydrogen) atoms. The van der Waals surface area contributed by atoms with E-state index >= 15 is 0 Å². The summed E-state index contributed by atoms with van der Waals surface area (Å²) in [5.41, 5.74) is 2.41. The molecular formula is C31H36N4O6. The van der Waals surface area contributed by atoms with Crippen molar-refractivity contribution in [3.63, 3.8) is 0 Å². The van der Waals surface area contributed by atoms with Gasteiger partial charge >= 0.3 is 6.03 Å². The number of nitrogens with one attached hydrogen (secondary N) is 2. The molecule has 216 valence electrons. The van der Waals surface area contributed by atoms with Crippen molar-refractivity contribution in [1.82, 2.24) is 9.80 Å². The summed E-state index contributed by atoms with van der Waals surface area (Å²) in [6, 6.07) is 19.5. The molecule has 0 radical (unpaired) electrons. The van der Waals surface area contributed by atoms with Gasteiger partial charge < -0.3 is 34.9 Å². The fourth-order valence-corrected chi connectivity index (χ4v) is 5.09. The molecule has 10 nitrogen and oxygen atoms in total. The molecule has 3 aromatic rings. The van der Waals surface area contributed by atoms with Crippen molar-refractivity contribution in [3.8, 4) is 17.2 Å². The fraction of sp³-hybridized carbons (Fsp3) is 0.355. The highest BCUT2D eigenvalue weighted by atomic mass is 16.7. The van der Waals surface area contributed by atoms with Gasteiger partial charge in [0.2, 0.25) is 6.79 Å². The Morgan fingerprint density at radius 3 is 2.63 bits per heavy atom. The highest BCUT2D eigenvalue weighted by Crippen LogP contribution is 2.36. The molecule has 3 amide bonds. The van der Waals surface area contributed by atoms with Crippen LogP contribution in [0.15, 0.2) is 66.7 Å². The van der Waals surface area contributed by atoms with Gasteiger partial charge in [-0.3, -0.25) is 9.69 Å². The van der Waals surface area contributed by atoms with Crippen molar-refractivity contribution in [2.45, 2.75) is 32.5 Å². The van der Waals surface area contributed by atoms with Crippen molar-refractivity contribution >= 4 is 23.3 Å². The van der Waals surface area contributed by atoms with Gasteiger partial charge in [-0.05, 0) is 43.8 Å². The molecule has 0 saturated carbocycles. The van der Waals surface area contributed by atoms with E-state index in [1.165, 1.54) is 5.56 Å². The highest BCUT2D eigenvalue weighted by molar-refractivity contribution is 6.04. The zero-order valence-electron chi connectivity index (χ0n) is 23.5. The summed E-state index contributed by atoms with van der Waals surface area (Å²) >= 11 is 0. The van der Waals surface area contributed by atoms with E-state index in [0.717, 1.165) is 6.54 Å². The maximum absolute atomic E-state index is 13.7. The van der Waals surface area contributed by atoms with Crippen LogP contribution in [0.2, 0.25) is 0 Å². The third-order valence-electron chi connectivity index (χ3n) is 7.36. The number of benzene rings is 3. The Labute approximate surface area is 239 Å². The lowest BCUT2D eigenvalue weighted by Crippen LogP contribution is -2.49. The molecule has 2 aliphatic rings. The molecule has 5 rings (SSSR count). The number of fused-ring (bicyclic) bond motifs is 2. The first kappa shape index (κ1) is 28.3. The lowest BCUT2D eigenvalue weighted by atomic mass is 9.99. The largest absolute Gasteiger partial charge is 0.486 e. The van der Waals surface area contributed by atoms with Gasteiger partial charge in [-0.2, -0.15) is 0 Å². The van der Waals surface area contributed by atoms with Crippen LogP contribution in [0.4, 0.5) is 16.2 Å². The molecule has 0 aliphatic carbocycles. The van der Waals surface area contributed by atoms with Crippen LogP contribution in [0.5, 0.6) is 17.2 Å². The van der Waals surface area contributed by atoms with E-state index in [9.17, 15) is 14.7 Å². The number of amides is 3. The van der Waals surface area contributed by atoms with Crippen molar-refractivity contribution in [1.29, 1.82) is 0 Å². The van der Waals surface area contributed by atoms with Gasteiger partial charge in [0.15, 0.2) is 17.2 Å². The van der Waals surface area contributed by atoms with Crippen LogP contribution in [-0.2, 0) is 6.54 Å². The number of nitrogens with zero attached hydrogens (tertiary/aromatic N) is 2. The van der Waals surface area contributed by atoms with E-state index in [0.29, 0.717) is 47.3 Å². The lowest BCUT2D eigenvalue weighted by Gasteiger charge is -2.38. The molecule has 0 unspecified atom stereocenters. The Hall–Kier alpha value is -4.28. The minimum absolute atomic E-state index is 0.0603. The molecule has 3 N–H and O–H groups in total. The van der Waals surface area contributed by atoms with Gasteiger partial charge in [0.25, 0.3) is 5.91 Å². The van der Waals surface area contributed by atoms with E-state index < -0.39 is 6.03 Å². The summed E-state index contributed by atoms with van der Waals surface area (Å²) in [6.07, 6.45) is -0.302. The number of rotatable bonds is 8. The Balaban J connectivity index is 1.41. The molecule has 2 aliphatic heterocycles. The van der Waals surface area contributed by atoms with Crippen LogP contribution in [0.3, 0.4) is 0 Å². The minimum Gasteiger partial charge on any atom is -0.486 e. The quantitative estimate of drug-likeness (QED) is 0.374. The van der Waals surface area contributed by atoms with Crippen LogP contribution in [0.25, 0.3) is 0 Å². The molecule has 2 heterocycles. The van der Waals surface area contributed by atoms with Crippen LogP contribution in [0.1, 0.15) is 29.8 Å². The Bertz CT molecular complexity index is 1380. The zero-order valence-corrected chi connectivity index (χ0v) is 23.5. The number of ether oxygens (including phenoxy) is 3. The van der Waals surface area contributed by atoms with Crippen LogP contribution >= 0.6 is 0 Å². The number of para-hydroxylation sites is 1. The van der Waals surface area contributed by atoms with Gasteiger partial charge in [0, 0.05) is 37.3 Å². The summed E-state index contributed by atoms with van der Waals surface area (Å²) < 4.78 is 17.3. The first-order chi connectivity index (χ1) is 19.8. The first-order valence-corrected chi connectivity index (χ1v) is 13.7. The zero-order chi connectivity index (χ0) is 28.9. The van der Waals surface area contributed by atoms with E-state index in [4.69, 9.17) is 14.2 Å². The molecule has 0 spiro atoms. The van der Waals surface area contributed by atoms with Crippen molar-refractivity contribution in [2.24, 2.45) is 5.92 Å². The second-order valence-corrected chi connectivity index (χ2v) is 10.6. The predicted molar refractivity (Wildman–Crippen MR) is 156 cm³/mol. The molecule has 3 atom stereocenters. The van der Waals surface area contributed by atoms with Gasteiger partial charge in [0.1, 0.15) is 6.10 Å². The molecule has 10 heteroatoms. The maximum Gasteiger partial charge on any atom is 0.323 e. The third kappa shape index (κ3) is 6.55. The standard InChI is InChI=1S/C31H36N4O6/c1-20-15-35(21(2)18-36)30(37)24-10-7-11-25(33-31(38)32-23-12-13-26-27(14-23)40-19-39-26)29(24)41-28(20)17-34(3)16-22-8-5-4-6-9-22/h4-14,20-21,28,36H,15-19H2,1-3H3,(H2,32,33,38)/t20-,21-,28-/m0/s1. The predicted octanol–water partition coefficient (Wildman–Crippen LogP) is 4.41.